The molecule has 0 radical (unpaired) electrons. The number of nitrogens with zero attached hydrogens (tertiary/aromatic N) is 1. The van der Waals surface area contributed by atoms with Crippen molar-refractivity contribution in [1.29, 1.82) is 0 Å². The number of fused-ring (bicyclic) bond motifs is 1. The lowest BCUT2D eigenvalue weighted by atomic mass is 9.87. The van der Waals surface area contributed by atoms with Crippen molar-refractivity contribution in [1.82, 2.24) is 10.2 Å². The summed E-state index contributed by atoms with van der Waals surface area (Å²) >= 11 is 0. The summed E-state index contributed by atoms with van der Waals surface area (Å²) in [5.74, 6) is -0.862. The van der Waals surface area contributed by atoms with Crippen molar-refractivity contribution in [2.45, 2.75) is 39.3 Å². The number of nitrogens with one attached hydrogen (secondary N) is 1. The van der Waals surface area contributed by atoms with Gasteiger partial charge in [-0.15, -0.1) is 0 Å². The van der Waals surface area contributed by atoms with Gasteiger partial charge in [-0.1, -0.05) is 19.1 Å². The summed E-state index contributed by atoms with van der Waals surface area (Å²) in [4.78, 5) is 39.3. The Morgan fingerprint density at radius 2 is 1.70 bits per heavy atom. The Bertz CT molecular complexity index is 1230. The van der Waals surface area contributed by atoms with E-state index in [4.69, 9.17) is 4.42 Å². The molecule has 7 heteroatoms. The molecule has 6 nitrogen and oxygen atoms in total. The first-order chi connectivity index (χ1) is 14.2. The molecule has 1 fully saturated rings. The van der Waals surface area contributed by atoms with E-state index in [9.17, 15) is 18.8 Å². The number of urea groups is 1. The van der Waals surface area contributed by atoms with Gasteiger partial charge in [0.25, 0.3) is 5.91 Å². The number of hydrogen-bond acceptors (Lipinski definition) is 4. The van der Waals surface area contributed by atoms with Crippen molar-refractivity contribution in [2.24, 2.45) is 0 Å². The first-order valence-corrected chi connectivity index (χ1v) is 9.69. The fourth-order valence-corrected chi connectivity index (χ4v) is 3.93. The molecule has 2 heterocycles. The number of amides is 3. The molecular weight excluding hydrogens is 387 g/mol. The van der Waals surface area contributed by atoms with Crippen LogP contribution in [0, 0.1) is 19.7 Å². The van der Waals surface area contributed by atoms with Crippen LogP contribution in [0.15, 0.2) is 51.7 Å². The summed E-state index contributed by atoms with van der Waals surface area (Å²) in [5, 5.41) is 3.44. The smallest absolute Gasteiger partial charge is 0.336 e. The maximum absolute atomic E-state index is 13.4. The van der Waals surface area contributed by atoms with Crippen LogP contribution in [0.2, 0.25) is 0 Å². The second kappa shape index (κ2) is 7.09. The topological polar surface area (TPSA) is 79.6 Å². The van der Waals surface area contributed by atoms with Gasteiger partial charge in [-0.05, 0) is 66.8 Å². The van der Waals surface area contributed by atoms with Crippen molar-refractivity contribution >= 4 is 22.9 Å². The molecule has 1 saturated heterocycles. The van der Waals surface area contributed by atoms with Gasteiger partial charge in [0, 0.05) is 11.5 Å². The highest BCUT2D eigenvalue weighted by molar-refractivity contribution is 6.07. The van der Waals surface area contributed by atoms with E-state index in [0.29, 0.717) is 28.5 Å². The molecule has 1 aliphatic rings. The molecular formula is C23H21FN2O4. The normalized spacial score (nSPS) is 18.9. The van der Waals surface area contributed by atoms with Gasteiger partial charge in [0.1, 0.15) is 16.9 Å². The minimum Gasteiger partial charge on any atom is -0.423 e. The molecule has 0 aliphatic carbocycles. The zero-order chi connectivity index (χ0) is 21.6. The summed E-state index contributed by atoms with van der Waals surface area (Å²) in [6.07, 6.45) is 0.301. The van der Waals surface area contributed by atoms with E-state index in [-0.39, 0.29) is 6.54 Å². The van der Waals surface area contributed by atoms with E-state index < -0.39 is 28.9 Å². The van der Waals surface area contributed by atoms with Gasteiger partial charge in [0.2, 0.25) is 0 Å². The van der Waals surface area contributed by atoms with Crippen LogP contribution in [-0.4, -0.2) is 16.8 Å². The Morgan fingerprint density at radius 1 is 1.03 bits per heavy atom. The Labute approximate surface area is 172 Å². The number of hydrogen-bond donors (Lipinski definition) is 1. The molecule has 0 bridgehead atoms. The van der Waals surface area contributed by atoms with E-state index >= 15 is 0 Å². The highest BCUT2D eigenvalue weighted by Gasteiger charge is 2.51. The standard InChI is InChI=1S/C23H21FN2O4/c1-4-23(16-5-7-17(24)8-6-16)21(28)26(22(29)25-23)12-15-11-20(27)30-19-10-14(3)13(2)9-18(15)19/h5-11H,4,12H2,1-3H3,(H,25,29)/t23-/m1/s1. The molecule has 1 atom stereocenters. The number of carbonyl (C=O) groups is 2. The van der Waals surface area contributed by atoms with Crippen LogP contribution in [0.25, 0.3) is 11.0 Å². The first kappa shape index (κ1) is 19.8. The highest BCUT2D eigenvalue weighted by atomic mass is 19.1. The van der Waals surface area contributed by atoms with E-state index in [0.717, 1.165) is 16.0 Å². The third-order valence-electron chi connectivity index (χ3n) is 5.82. The zero-order valence-electron chi connectivity index (χ0n) is 16.9. The quantitative estimate of drug-likeness (QED) is 0.524. The summed E-state index contributed by atoms with van der Waals surface area (Å²) in [7, 11) is 0. The van der Waals surface area contributed by atoms with Crippen molar-refractivity contribution < 1.29 is 18.4 Å². The van der Waals surface area contributed by atoms with Crippen molar-refractivity contribution in [3.63, 3.8) is 0 Å². The second-order valence-corrected chi connectivity index (χ2v) is 7.61. The van der Waals surface area contributed by atoms with Crippen LogP contribution < -0.4 is 10.9 Å². The molecule has 1 N–H and O–H groups in total. The number of imide groups is 1. The van der Waals surface area contributed by atoms with Crippen molar-refractivity contribution in [3.05, 3.63) is 81.0 Å². The number of rotatable bonds is 4. The number of benzene rings is 2. The van der Waals surface area contributed by atoms with Gasteiger partial charge in [-0.3, -0.25) is 9.69 Å². The highest BCUT2D eigenvalue weighted by Crippen LogP contribution is 2.34. The summed E-state index contributed by atoms with van der Waals surface area (Å²) < 4.78 is 18.7. The summed E-state index contributed by atoms with van der Waals surface area (Å²) in [6, 6.07) is 9.92. The first-order valence-electron chi connectivity index (χ1n) is 9.69. The van der Waals surface area contributed by atoms with E-state index in [1.807, 2.05) is 19.9 Å². The molecule has 1 aliphatic heterocycles. The molecule has 3 amide bonds. The van der Waals surface area contributed by atoms with E-state index in [1.165, 1.54) is 30.3 Å². The third-order valence-corrected chi connectivity index (χ3v) is 5.82. The molecule has 0 saturated carbocycles. The Balaban J connectivity index is 1.76. The van der Waals surface area contributed by atoms with Gasteiger partial charge >= 0.3 is 11.7 Å². The molecule has 0 spiro atoms. The Hall–Kier alpha value is -3.48. The van der Waals surface area contributed by atoms with Crippen molar-refractivity contribution in [2.75, 3.05) is 0 Å². The second-order valence-electron chi connectivity index (χ2n) is 7.61. The van der Waals surface area contributed by atoms with Crippen LogP contribution >= 0.6 is 0 Å². The minimum atomic E-state index is -1.27. The van der Waals surface area contributed by atoms with Crippen LogP contribution in [0.5, 0.6) is 0 Å². The molecule has 30 heavy (non-hydrogen) atoms. The molecule has 4 rings (SSSR count). The number of halogens is 1. The van der Waals surface area contributed by atoms with Crippen LogP contribution in [-0.2, 0) is 16.9 Å². The lowest BCUT2D eigenvalue weighted by molar-refractivity contribution is -0.132. The molecule has 0 unspecified atom stereocenters. The maximum atomic E-state index is 13.4. The largest absolute Gasteiger partial charge is 0.423 e. The molecule has 2 aromatic carbocycles. The number of carbonyl (C=O) groups excluding carboxylic acids is 2. The maximum Gasteiger partial charge on any atom is 0.336 e. The zero-order valence-corrected chi connectivity index (χ0v) is 16.9. The van der Waals surface area contributed by atoms with Crippen molar-refractivity contribution in [3.8, 4) is 0 Å². The Morgan fingerprint density at radius 3 is 2.37 bits per heavy atom. The SMILES string of the molecule is CC[C@]1(c2ccc(F)cc2)NC(=O)N(Cc2cc(=O)oc3cc(C)c(C)cc23)C1=O. The summed E-state index contributed by atoms with van der Waals surface area (Å²) in [6.45, 7) is 5.56. The lowest BCUT2D eigenvalue weighted by Gasteiger charge is -2.26. The van der Waals surface area contributed by atoms with E-state index in [2.05, 4.69) is 5.32 Å². The number of aryl methyl sites for hydroxylation is 2. The van der Waals surface area contributed by atoms with Gasteiger partial charge in [0.15, 0.2) is 0 Å². The minimum absolute atomic E-state index is 0.0712. The average Bonchev–Trinajstić information content (AvgIpc) is 2.95. The monoisotopic (exact) mass is 408 g/mol. The van der Waals surface area contributed by atoms with Gasteiger partial charge in [-0.2, -0.15) is 0 Å². The average molecular weight is 408 g/mol. The Kier molecular flexibility index (Phi) is 4.68. The van der Waals surface area contributed by atoms with Crippen LogP contribution in [0.3, 0.4) is 0 Å². The molecule has 154 valence electrons. The lowest BCUT2D eigenvalue weighted by Crippen LogP contribution is -2.43. The van der Waals surface area contributed by atoms with E-state index in [1.54, 1.807) is 13.0 Å². The van der Waals surface area contributed by atoms with Gasteiger partial charge in [-0.25, -0.2) is 14.0 Å². The van der Waals surface area contributed by atoms with Gasteiger partial charge < -0.3 is 9.73 Å². The third kappa shape index (κ3) is 3.07. The van der Waals surface area contributed by atoms with Crippen LogP contribution in [0.4, 0.5) is 9.18 Å². The molecule has 3 aromatic rings. The molecule has 1 aromatic heterocycles. The fraction of sp³-hybridized carbons (Fsp3) is 0.261. The van der Waals surface area contributed by atoms with Gasteiger partial charge in [0.05, 0.1) is 6.54 Å². The fourth-order valence-electron chi connectivity index (χ4n) is 3.93. The predicted octanol–water partition coefficient (Wildman–Crippen LogP) is 3.91. The van der Waals surface area contributed by atoms with Crippen LogP contribution in [0.1, 0.15) is 35.6 Å². The predicted molar refractivity (Wildman–Crippen MR) is 109 cm³/mol. The summed E-state index contributed by atoms with van der Waals surface area (Å²) in [5.41, 5.74) is 1.60.